The maximum Gasteiger partial charge on any atom is 0.352 e. The van der Waals surface area contributed by atoms with E-state index in [0.29, 0.717) is 22.9 Å². The minimum absolute atomic E-state index is 0.0903. The Balaban J connectivity index is 1.50. The van der Waals surface area contributed by atoms with Crippen molar-refractivity contribution in [2.75, 3.05) is 23.4 Å². The molecule has 1 fully saturated rings. The number of anilines is 1. The molecule has 4 heterocycles. The van der Waals surface area contributed by atoms with Crippen molar-refractivity contribution in [2.45, 2.75) is 16.6 Å². The third kappa shape index (κ3) is 5.42. The highest BCUT2D eigenvalue weighted by molar-refractivity contribution is 8.01. The van der Waals surface area contributed by atoms with E-state index < -0.39 is 29.2 Å². The second-order valence-corrected chi connectivity index (χ2v) is 10.1. The lowest BCUT2D eigenvalue weighted by atomic mass is 10.0. The Morgan fingerprint density at radius 1 is 1.49 bits per heavy atom. The Morgan fingerprint density at radius 2 is 2.30 bits per heavy atom. The highest BCUT2D eigenvalue weighted by atomic mass is 32.2. The van der Waals surface area contributed by atoms with Crippen molar-refractivity contribution in [3.05, 3.63) is 22.3 Å². The average Bonchev–Trinajstić information content (AvgIpc) is 3.51. The van der Waals surface area contributed by atoms with E-state index in [9.17, 15) is 24.3 Å². The van der Waals surface area contributed by atoms with Gasteiger partial charge in [0.15, 0.2) is 17.5 Å². The fourth-order valence-corrected chi connectivity index (χ4v) is 6.33. The summed E-state index contributed by atoms with van der Waals surface area (Å²) in [5, 5.41) is 31.2. The summed E-state index contributed by atoms with van der Waals surface area (Å²) >= 11 is 3.61. The molecule has 2 atom stereocenters. The van der Waals surface area contributed by atoms with Crippen LogP contribution in [0.2, 0.25) is 0 Å². The number of aliphatic carboxylic acids is 1. The second kappa shape index (κ2) is 11.4. The van der Waals surface area contributed by atoms with Crippen LogP contribution in [0.1, 0.15) is 5.69 Å². The predicted molar refractivity (Wildman–Crippen MR) is 132 cm³/mol. The van der Waals surface area contributed by atoms with E-state index in [0.717, 1.165) is 16.2 Å². The van der Waals surface area contributed by atoms with Gasteiger partial charge in [-0.3, -0.25) is 19.3 Å². The molecule has 2 aliphatic rings. The lowest BCUT2D eigenvalue weighted by Gasteiger charge is -2.49. The van der Waals surface area contributed by atoms with Crippen LogP contribution in [-0.4, -0.2) is 94.6 Å². The van der Waals surface area contributed by atoms with Crippen LogP contribution in [0.3, 0.4) is 0 Å². The normalized spacial score (nSPS) is 19.0. The van der Waals surface area contributed by atoms with Crippen LogP contribution in [0.15, 0.2) is 27.0 Å². The molecule has 0 radical (unpaired) electrons. The molecule has 37 heavy (non-hydrogen) atoms. The van der Waals surface area contributed by atoms with Crippen LogP contribution in [0, 0.1) is 12.3 Å². The van der Waals surface area contributed by atoms with Crippen molar-refractivity contribution in [3.63, 3.8) is 0 Å². The lowest BCUT2D eigenvalue weighted by molar-refractivity contribution is -0.150. The molecular weight excluding hydrogens is 546 g/mol. The van der Waals surface area contributed by atoms with Gasteiger partial charge >= 0.3 is 5.97 Å². The number of thioether (sulfide) groups is 2. The fourth-order valence-electron chi connectivity index (χ4n) is 3.34. The molecule has 1 saturated heterocycles. The third-order valence-corrected chi connectivity index (χ3v) is 8.15. The van der Waals surface area contributed by atoms with E-state index in [2.05, 4.69) is 42.2 Å². The number of terminal acetylenes is 1. The van der Waals surface area contributed by atoms with Crippen LogP contribution < -0.4 is 10.6 Å². The summed E-state index contributed by atoms with van der Waals surface area (Å²) in [7, 11) is 1.66. The van der Waals surface area contributed by atoms with Crippen LogP contribution in [0.5, 0.6) is 0 Å². The van der Waals surface area contributed by atoms with Crippen molar-refractivity contribution >= 4 is 69.9 Å². The van der Waals surface area contributed by atoms with Crippen molar-refractivity contribution in [1.82, 2.24) is 35.4 Å². The number of oxime groups is 1. The number of β-lactam (4-membered cyclic amide) rings is 1. The number of carboxylic acids is 1. The Hall–Kier alpha value is -3.95. The van der Waals surface area contributed by atoms with Gasteiger partial charge in [0, 0.05) is 23.9 Å². The molecule has 2 aliphatic heterocycles. The first-order chi connectivity index (χ1) is 17.8. The summed E-state index contributed by atoms with van der Waals surface area (Å²) in [4.78, 5) is 59.0. The van der Waals surface area contributed by atoms with Gasteiger partial charge in [0.1, 0.15) is 22.8 Å². The monoisotopic (exact) mass is 563 g/mol. The van der Waals surface area contributed by atoms with Gasteiger partial charge in [0.05, 0.1) is 0 Å². The predicted octanol–water partition coefficient (Wildman–Crippen LogP) is -0.880. The van der Waals surface area contributed by atoms with Gasteiger partial charge in [-0.2, -0.15) is 0 Å². The second-order valence-electron chi connectivity index (χ2n) is 7.21. The van der Waals surface area contributed by atoms with Gasteiger partial charge in [-0.15, -0.1) is 34.6 Å². The summed E-state index contributed by atoms with van der Waals surface area (Å²) in [5.41, 5.74) is 0.230. The molecular formula is C19H17N9O6S3. The Labute approximate surface area is 221 Å². The average molecular weight is 564 g/mol. The number of fused-ring (bicyclic) bond motifs is 1. The molecule has 3 amide bonds. The molecule has 2 aromatic heterocycles. The molecule has 15 nitrogen and oxygen atoms in total. The molecule has 0 saturated carbocycles. The molecule has 0 aromatic carbocycles. The van der Waals surface area contributed by atoms with E-state index in [1.165, 1.54) is 33.6 Å². The summed E-state index contributed by atoms with van der Waals surface area (Å²) in [6, 6.07) is -1.01. The highest BCUT2D eigenvalue weighted by Crippen LogP contribution is 2.41. The van der Waals surface area contributed by atoms with Crippen LogP contribution in [0.4, 0.5) is 5.13 Å². The number of carboxylic acid groups (broad SMARTS) is 1. The van der Waals surface area contributed by atoms with Gasteiger partial charge in [0.2, 0.25) is 11.6 Å². The Morgan fingerprint density at radius 3 is 2.97 bits per heavy atom. The molecule has 3 N–H and O–H groups in total. The van der Waals surface area contributed by atoms with Gasteiger partial charge in [-0.05, 0) is 16.0 Å². The maximum atomic E-state index is 13.0. The number of aromatic nitrogens is 5. The summed E-state index contributed by atoms with van der Waals surface area (Å²) < 4.78 is 1.46. The van der Waals surface area contributed by atoms with Crippen LogP contribution in [0.25, 0.3) is 0 Å². The molecule has 2 aromatic rings. The largest absolute Gasteiger partial charge is 0.477 e. The number of hydrogen-bond acceptors (Lipinski definition) is 13. The number of thiazole rings is 1. The van der Waals surface area contributed by atoms with Crippen molar-refractivity contribution in [2.24, 2.45) is 12.2 Å². The van der Waals surface area contributed by atoms with Crippen molar-refractivity contribution in [1.29, 1.82) is 0 Å². The number of rotatable bonds is 11. The number of tetrazole rings is 1. The van der Waals surface area contributed by atoms with E-state index in [1.54, 1.807) is 7.05 Å². The first kappa shape index (κ1) is 26.1. The number of carbonyl (C=O) groups is 4. The van der Waals surface area contributed by atoms with E-state index in [-0.39, 0.29) is 34.6 Å². The standard InChI is InChI=1S/C19H17N9O6S3/c1-3-4-34-24-11(10-7-36-18(21-10)20-8-29)14(30)22-12-15(31)28-13(17(32)33)9(5-35-16(12)28)6-37-19-23-25-26-27(19)2/h1,7-8,12,16H,4-6H2,2H3,(H,22,30)(H,32,33)(H,20,21,29)/t12?,16-/m0/s1. The van der Waals surface area contributed by atoms with E-state index in [1.807, 2.05) is 0 Å². The Bertz CT molecular complexity index is 1350. The zero-order valence-corrected chi connectivity index (χ0v) is 21.3. The number of carbonyl (C=O) groups excluding carboxylic acids is 3. The van der Waals surface area contributed by atoms with E-state index in [4.69, 9.17) is 11.3 Å². The SMILES string of the molecule is C#CCON=C(C(=O)NC1C(=O)N2C(C(=O)O)=C(CSc3nnnn3C)CS[C@@H]12)c1csc(NC=O)n1. The molecule has 1 unspecified atom stereocenters. The topological polar surface area (TPSA) is 194 Å². The zero-order chi connectivity index (χ0) is 26.5. The number of nitrogens with one attached hydrogen (secondary N) is 2. The molecule has 4 rings (SSSR count). The molecule has 0 aliphatic carbocycles. The summed E-state index contributed by atoms with van der Waals surface area (Å²) in [6.45, 7) is -0.215. The van der Waals surface area contributed by atoms with Crippen LogP contribution in [-0.2, 0) is 31.1 Å². The van der Waals surface area contributed by atoms with Crippen LogP contribution >= 0.6 is 34.9 Å². The molecule has 18 heteroatoms. The van der Waals surface area contributed by atoms with Gasteiger partial charge in [-0.1, -0.05) is 22.8 Å². The van der Waals surface area contributed by atoms with Gasteiger partial charge in [-0.25, -0.2) is 14.5 Å². The number of nitrogens with zero attached hydrogens (tertiary/aromatic N) is 7. The molecule has 0 spiro atoms. The number of hydrogen-bond donors (Lipinski definition) is 3. The summed E-state index contributed by atoms with van der Waals surface area (Å²) in [6.07, 6.45) is 5.59. The first-order valence-electron chi connectivity index (χ1n) is 10.2. The fraction of sp³-hybridized carbons (Fsp3) is 0.316. The minimum atomic E-state index is -1.25. The maximum absolute atomic E-state index is 13.0. The third-order valence-electron chi connectivity index (χ3n) is 4.94. The zero-order valence-electron chi connectivity index (χ0n) is 18.9. The number of amides is 3. The quantitative estimate of drug-likeness (QED) is 0.0582. The lowest BCUT2D eigenvalue weighted by Crippen LogP contribution is -2.71. The van der Waals surface area contributed by atoms with Crippen molar-refractivity contribution < 1.29 is 29.1 Å². The molecule has 0 bridgehead atoms. The highest BCUT2D eigenvalue weighted by Gasteiger charge is 2.54. The van der Waals surface area contributed by atoms with Gasteiger partial charge < -0.3 is 20.6 Å². The minimum Gasteiger partial charge on any atom is -0.477 e. The van der Waals surface area contributed by atoms with E-state index >= 15 is 0 Å². The Kier molecular flexibility index (Phi) is 8.05. The number of aryl methyl sites for hydroxylation is 1. The smallest absolute Gasteiger partial charge is 0.352 e. The first-order valence-corrected chi connectivity index (χ1v) is 13.1. The van der Waals surface area contributed by atoms with Gasteiger partial charge in [0.25, 0.3) is 11.8 Å². The summed E-state index contributed by atoms with van der Waals surface area (Å²) in [5.74, 6) is 0.175. The van der Waals surface area contributed by atoms with Crippen molar-refractivity contribution in [3.8, 4) is 12.3 Å². The molecule has 192 valence electrons.